The summed E-state index contributed by atoms with van der Waals surface area (Å²) in [7, 11) is 3.09. The van der Waals surface area contributed by atoms with Gasteiger partial charge in [-0.25, -0.2) is 0 Å². The molecule has 0 saturated carbocycles. The van der Waals surface area contributed by atoms with Crippen molar-refractivity contribution < 1.29 is 28.5 Å². The lowest BCUT2D eigenvalue weighted by atomic mass is 9.82. The van der Waals surface area contributed by atoms with Crippen LogP contribution in [0, 0.1) is 6.92 Å². The number of rotatable bonds is 5. The van der Waals surface area contributed by atoms with Crippen molar-refractivity contribution in [1.29, 1.82) is 0 Å². The summed E-state index contributed by atoms with van der Waals surface area (Å²) in [4.78, 5) is 27.7. The minimum atomic E-state index is -0.655. The van der Waals surface area contributed by atoms with Crippen LogP contribution in [0.1, 0.15) is 61.5 Å². The number of carbonyl (C=O) groups is 2. The number of nitrogens with zero attached hydrogens (tertiary/aromatic N) is 1. The molecule has 0 unspecified atom stereocenters. The minimum absolute atomic E-state index is 0.0180. The van der Waals surface area contributed by atoms with Crippen LogP contribution in [0.5, 0.6) is 23.0 Å². The van der Waals surface area contributed by atoms with E-state index in [1.165, 1.54) is 7.11 Å². The Balaban J connectivity index is 1.43. The summed E-state index contributed by atoms with van der Waals surface area (Å²) < 4.78 is 23.3. The largest absolute Gasteiger partial charge is 0.493 e. The van der Waals surface area contributed by atoms with Crippen LogP contribution in [0.4, 0.5) is 0 Å². The second kappa shape index (κ2) is 9.44. The normalized spacial score (nSPS) is 17.0. The minimum Gasteiger partial charge on any atom is -0.493 e. The molecule has 0 bridgehead atoms. The number of methoxy groups -OCH3 is 2. The third kappa shape index (κ3) is 4.95. The fraction of sp³-hybridized carbons (Fsp3) is 0.500. The van der Waals surface area contributed by atoms with Gasteiger partial charge in [-0.15, -0.1) is 0 Å². The Labute approximate surface area is 207 Å². The molecule has 7 heteroatoms. The molecule has 1 amide bonds. The van der Waals surface area contributed by atoms with Gasteiger partial charge in [-0.2, -0.15) is 0 Å². The van der Waals surface area contributed by atoms with Crippen molar-refractivity contribution in [2.75, 3.05) is 33.9 Å². The van der Waals surface area contributed by atoms with Gasteiger partial charge in [0.1, 0.15) is 11.4 Å². The zero-order chi connectivity index (χ0) is 25.4. The number of carbonyl (C=O) groups excluding carboxylic acids is 2. The molecule has 1 spiro atoms. The van der Waals surface area contributed by atoms with E-state index in [1.54, 1.807) is 24.1 Å². The molecular formula is C28H35NO6. The maximum Gasteiger partial charge on any atom is 0.260 e. The molecule has 1 fully saturated rings. The summed E-state index contributed by atoms with van der Waals surface area (Å²) in [5.74, 6) is 2.07. The molecule has 2 aliphatic rings. The molecule has 4 rings (SSSR count). The Morgan fingerprint density at radius 2 is 1.74 bits per heavy atom. The van der Waals surface area contributed by atoms with Gasteiger partial charge in [0.15, 0.2) is 23.9 Å². The van der Waals surface area contributed by atoms with Crippen LogP contribution in [0.15, 0.2) is 30.3 Å². The van der Waals surface area contributed by atoms with Gasteiger partial charge < -0.3 is 23.8 Å². The van der Waals surface area contributed by atoms with Gasteiger partial charge in [-0.3, -0.25) is 9.59 Å². The highest BCUT2D eigenvalue weighted by Gasteiger charge is 2.45. The number of fused-ring (bicyclic) bond motifs is 1. The van der Waals surface area contributed by atoms with E-state index in [2.05, 4.69) is 33.8 Å². The Morgan fingerprint density at radius 3 is 2.37 bits per heavy atom. The molecule has 1 saturated heterocycles. The number of benzene rings is 2. The molecule has 0 aromatic heterocycles. The summed E-state index contributed by atoms with van der Waals surface area (Å²) in [6.45, 7) is 9.43. The van der Waals surface area contributed by atoms with Gasteiger partial charge in [0.2, 0.25) is 5.75 Å². The highest BCUT2D eigenvalue weighted by molar-refractivity contribution is 6.01. The van der Waals surface area contributed by atoms with Gasteiger partial charge in [-0.1, -0.05) is 38.5 Å². The van der Waals surface area contributed by atoms with E-state index < -0.39 is 5.60 Å². The number of ether oxygens (including phenoxy) is 4. The van der Waals surface area contributed by atoms with Gasteiger partial charge >= 0.3 is 0 Å². The lowest BCUT2D eigenvalue weighted by Crippen LogP contribution is -2.53. The Bertz CT molecular complexity index is 1120. The first-order chi connectivity index (χ1) is 16.6. The van der Waals surface area contributed by atoms with Crippen molar-refractivity contribution in [2.45, 2.75) is 58.0 Å². The van der Waals surface area contributed by atoms with Crippen molar-refractivity contribution in [2.24, 2.45) is 0 Å². The molecule has 2 aromatic carbocycles. The Morgan fingerprint density at radius 1 is 1.06 bits per heavy atom. The molecule has 2 heterocycles. The highest BCUT2D eigenvalue weighted by Crippen LogP contribution is 2.47. The van der Waals surface area contributed by atoms with Crippen molar-refractivity contribution in [1.82, 2.24) is 4.90 Å². The van der Waals surface area contributed by atoms with Crippen molar-refractivity contribution in [3.63, 3.8) is 0 Å². The summed E-state index contributed by atoms with van der Waals surface area (Å²) in [6.07, 6.45) is 1.40. The predicted molar refractivity (Wildman–Crippen MR) is 133 cm³/mol. The zero-order valence-electron chi connectivity index (χ0n) is 21.5. The fourth-order valence-corrected chi connectivity index (χ4v) is 4.89. The average Bonchev–Trinajstić information content (AvgIpc) is 2.82. The van der Waals surface area contributed by atoms with Crippen molar-refractivity contribution in [3.8, 4) is 23.0 Å². The molecule has 0 N–H and O–H groups in total. The molecule has 2 aliphatic heterocycles. The van der Waals surface area contributed by atoms with Crippen molar-refractivity contribution >= 4 is 11.7 Å². The number of amides is 1. The summed E-state index contributed by atoms with van der Waals surface area (Å²) >= 11 is 0. The van der Waals surface area contributed by atoms with Gasteiger partial charge in [0.05, 0.1) is 26.2 Å². The van der Waals surface area contributed by atoms with Crippen LogP contribution in [-0.2, 0) is 10.2 Å². The van der Waals surface area contributed by atoms with Crippen LogP contribution < -0.4 is 18.9 Å². The molecule has 2 aromatic rings. The third-order valence-corrected chi connectivity index (χ3v) is 6.92. The highest BCUT2D eigenvalue weighted by atomic mass is 16.5. The predicted octanol–water partition coefficient (Wildman–Crippen LogP) is 4.72. The molecular weight excluding hydrogens is 446 g/mol. The first-order valence-corrected chi connectivity index (χ1v) is 12.1. The molecule has 0 atom stereocenters. The van der Waals surface area contributed by atoms with Gasteiger partial charge in [0, 0.05) is 25.9 Å². The Hall–Kier alpha value is -3.22. The van der Waals surface area contributed by atoms with Crippen LogP contribution in [0.2, 0.25) is 0 Å². The maximum absolute atomic E-state index is 13.0. The number of hydrogen-bond acceptors (Lipinski definition) is 6. The lowest BCUT2D eigenvalue weighted by molar-refractivity contribution is -0.137. The number of likely N-dealkylation sites (tertiary alicyclic amines) is 1. The number of aryl methyl sites for hydroxylation is 1. The third-order valence-electron chi connectivity index (χ3n) is 6.92. The zero-order valence-corrected chi connectivity index (χ0v) is 21.5. The van der Waals surface area contributed by atoms with E-state index in [0.29, 0.717) is 48.7 Å². The van der Waals surface area contributed by atoms with Crippen LogP contribution in [-0.4, -0.2) is 56.1 Å². The molecule has 0 aliphatic carbocycles. The topological polar surface area (TPSA) is 74.3 Å². The molecule has 7 nitrogen and oxygen atoms in total. The summed E-state index contributed by atoms with van der Waals surface area (Å²) in [5.41, 5.74) is 2.01. The quantitative estimate of drug-likeness (QED) is 0.616. The number of hydrogen-bond donors (Lipinski definition) is 0. The fourth-order valence-electron chi connectivity index (χ4n) is 4.89. The second-order valence-electron chi connectivity index (χ2n) is 10.5. The van der Waals surface area contributed by atoms with E-state index in [-0.39, 0.29) is 30.1 Å². The molecule has 35 heavy (non-hydrogen) atoms. The van der Waals surface area contributed by atoms with Crippen LogP contribution in [0.3, 0.4) is 0 Å². The SMILES string of the molecule is COc1ccc2c(c1OC)OC1(CCN(C(=O)COc3ccc(C)cc3C(C)(C)C)CC1)CC2=O. The first-order valence-electron chi connectivity index (χ1n) is 12.1. The van der Waals surface area contributed by atoms with E-state index in [1.807, 2.05) is 12.1 Å². The van der Waals surface area contributed by atoms with Gasteiger partial charge in [-0.05, 0) is 36.1 Å². The van der Waals surface area contributed by atoms with Crippen molar-refractivity contribution in [3.05, 3.63) is 47.0 Å². The summed E-state index contributed by atoms with van der Waals surface area (Å²) in [5, 5.41) is 0. The van der Waals surface area contributed by atoms with E-state index in [4.69, 9.17) is 18.9 Å². The maximum atomic E-state index is 13.0. The standard InChI is InChI=1S/C28H35NO6/c1-18-7-9-22(20(15-18)27(2,3)4)34-17-24(31)29-13-11-28(12-14-29)16-21(30)19-8-10-23(32-5)26(33-6)25(19)35-28/h7-10,15H,11-14,16-17H2,1-6H3. The van der Waals surface area contributed by atoms with Gasteiger partial charge in [0.25, 0.3) is 5.91 Å². The van der Waals surface area contributed by atoms with Crippen LogP contribution in [0.25, 0.3) is 0 Å². The van der Waals surface area contributed by atoms with Crippen LogP contribution >= 0.6 is 0 Å². The number of piperidine rings is 1. The van der Waals surface area contributed by atoms with E-state index >= 15 is 0 Å². The smallest absolute Gasteiger partial charge is 0.260 e. The Kier molecular flexibility index (Phi) is 6.71. The molecule has 0 radical (unpaired) electrons. The van der Waals surface area contributed by atoms with E-state index in [0.717, 1.165) is 16.9 Å². The number of ketones is 1. The van der Waals surface area contributed by atoms with E-state index in [9.17, 15) is 9.59 Å². The molecule has 188 valence electrons. The second-order valence-corrected chi connectivity index (χ2v) is 10.5. The lowest BCUT2D eigenvalue weighted by Gasteiger charge is -2.44. The monoisotopic (exact) mass is 481 g/mol. The number of Topliss-reactive ketones (excluding diaryl/α,β-unsaturated/α-hetero) is 1. The summed E-state index contributed by atoms with van der Waals surface area (Å²) in [6, 6.07) is 9.49. The average molecular weight is 482 g/mol. The first kappa shape index (κ1) is 24.9.